The Labute approximate surface area is 483 Å². The van der Waals surface area contributed by atoms with Crippen LogP contribution in [-0.2, 0) is 72.1 Å². The van der Waals surface area contributed by atoms with E-state index in [-0.39, 0.29) is 154 Å². The number of carbonyl (C=O) groups excluding carboxylic acids is 6. The average Bonchev–Trinajstić information content (AvgIpc) is 4.18. The number of carboxylic acid groups (broad SMARTS) is 3. The maximum Gasteiger partial charge on any atom is 0.317 e. The molecular formula is C56H85F2N11O14. The van der Waals surface area contributed by atoms with Crippen LogP contribution in [0.3, 0.4) is 0 Å². The zero-order valence-electron chi connectivity index (χ0n) is 48.6. The Hall–Kier alpha value is -6.44. The first kappa shape index (κ1) is 67.4. The van der Waals surface area contributed by atoms with Crippen molar-refractivity contribution in [2.45, 2.75) is 140 Å². The number of likely N-dealkylation sites (tertiary alicyclic amines) is 1. The predicted molar refractivity (Wildman–Crippen MR) is 295 cm³/mol. The summed E-state index contributed by atoms with van der Waals surface area (Å²) in [7, 11) is 1.64. The Morgan fingerprint density at radius 1 is 0.795 bits per heavy atom. The summed E-state index contributed by atoms with van der Waals surface area (Å²) < 4.78 is 39.8. The lowest BCUT2D eigenvalue weighted by Crippen LogP contribution is -2.49. The Morgan fingerprint density at radius 3 is 1.95 bits per heavy atom. The van der Waals surface area contributed by atoms with Gasteiger partial charge in [-0.25, -0.2) is 8.78 Å². The first-order valence-corrected chi connectivity index (χ1v) is 28.5. The minimum atomic E-state index is -3.22. The summed E-state index contributed by atoms with van der Waals surface area (Å²) in [6.07, 6.45) is 1.39. The monoisotopic (exact) mass is 1170 g/mol. The number of nitrogens with one attached hydrogen (secondary N) is 4. The maximum atomic E-state index is 14.1. The Kier molecular flexibility index (Phi) is 25.5. The van der Waals surface area contributed by atoms with Gasteiger partial charge in [0.05, 0.1) is 56.6 Å². The van der Waals surface area contributed by atoms with Crippen LogP contribution in [0.25, 0.3) is 0 Å². The molecule has 0 spiro atoms. The predicted octanol–water partition coefficient (Wildman–Crippen LogP) is 0.479. The fourth-order valence-electron chi connectivity index (χ4n) is 10.6. The maximum absolute atomic E-state index is 14.1. The summed E-state index contributed by atoms with van der Waals surface area (Å²) in [6, 6.07) is 3.88. The number of aryl methyl sites for hydroxylation is 1. The van der Waals surface area contributed by atoms with Gasteiger partial charge in [-0.05, 0) is 89.3 Å². The molecule has 462 valence electrons. The summed E-state index contributed by atoms with van der Waals surface area (Å²) in [6.45, 7) is 9.24. The van der Waals surface area contributed by atoms with Gasteiger partial charge in [0.2, 0.25) is 35.4 Å². The van der Waals surface area contributed by atoms with Crippen molar-refractivity contribution < 1.29 is 76.7 Å². The summed E-state index contributed by atoms with van der Waals surface area (Å²) in [5.41, 5.74) is 1.54. The molecule has 6 amide bonds. The highest BCUT2D eigenvalue weighted by Gasteiger charge is 2.50. The van der Waals surface area contributed by atoms with Crippen LogP contribution in [0.15, 0.2) is 18.2 Å². The lowest BCUT2D eigenvalue weighted by atomic mass is 9.99. The van der Waals surface area contributed by atoms with Crippen LogP contribution < -0.4 is 21.3 Å². The number of unbranched alkanes of at least 4 members (excludes halogenated alkanes) is 1. The number of methoxy groups -OCH3 is 1. The van der Waals surface area contributed by atoms with Crippen molar-refractivity contribution in [3.8, 4) is 6.07 Å². The Morgan fingerprint density at radius 2 is 1.39 bits per heavy atom. The lowest BCUT2D eigenvalue weighted by Gasteiger charge is -2.32. The number of nitriles is 1. The standard InChI is InChI=1S/C56H85F2N11O14/c1-54(2,82-5)15-26-83-55(3,4)14-17-61-52(80)43(11-6-7-16-60-46(71)33-64-18-20-65(34-48(73)74)22-24-67(36-50(77)78)25-23-66(21-19-64)35-49(75)76)62-45(70)13-12-38-9-8-10-39-31-68(32-42(38)39)47(72)28-40-27-44(63-51(40)79)53(81)69-37-56(57,58)29-41(69)30-59/h8-10,40-41,43-44H,6-7,11-29,31-37H2,1-5H3,(H,60,71)(H,61,80)(H,62,70)(H,63,79)(H,73,74)(H,75,76)(H,77,78)/t40-,41-,43?,44-/m0/s1. The molecule has 25 nitrogen and oxygen atoms in total. The van der Waals surface area contributed by atoms with E-state index in [1.54, 1.807) is 32.8 Å². The van der Waals surface area contributed by atoms with E-state index in [1.165, 1.54) is 0 Å². The molecule has 7 N–H and O–H groups in total. The molecule has 0 saturated carbocycles. The molecule has 5 rings (SSSR count). The molecule has 4 heterocycles. The first-order chi connectivity index (χ1) is 39.1. The number of carboxylic acids is 3. The minimum absolute atomic E-state index is 0.00198. The number of fused-ring (bicyclic) bond motifs is 1. The van der Waals surface area contributed by atoms with Crippen molar-refractivity contribution in [3.05, 3.63) is 34.9 Å². The van der Waals surface area contributed by atoms with Crippen molar-refractivity contribution in [1.29, 1.82) is 5.26 Å². The fourth-order valence-corrected chi connectivity index (χ4v) is 10.6. The van der Waals surface area contributed by atoms with Crippen LogP contribution in [-0.4, -0.2) is 245 Å². The molecule has 0 bridgehead atoms. The van der Waals surface area contributed by atoms with Crippen LogP contribution in [0.5, 0.6) is 0 Å². The molecule has 1 aromatic rings. The fraction of sp³-hybridized carbons (Fsp3) is 0.714. The van der Waals surface area contributed by atoms with E-state index in [4.69, 9.17) is 9.47 Å². The molecule has 3 saturated heterocycles. The molecule has 1 aromatic carbocycles. The van der Waals surface area contributed by atoms with Crippen LogP contribution >= 0.6 is 0 Å². The third-order valence-corrected chi connectivity index (χ3v) is 15.7. The molecule has 0 radical (unpaired) electrons. The van der Waals surface area contributed by atoms with Crippen molar-refractivity contribution in [2.75, 3.05) is 112 Å². The number of benzene rings is 1. The molecule has 0 aromatic heterocycles. The molecule has 83 heavy (non-hydrogen) atoms. The zero-order chi connectivity index (χ0) is 61.1. The number of amides is 6. The van der Waals surface area contributed by atoms with E-state index in [1.807, 2.05) is 50.8 Å². The van der Waals surface area contributed by atoms with Gasteiger partial charge in [-0.1, -0.05) is 18.2 Å². The normalized spacial score (nSPS) is 20.7. The van der Waals surface area contributed by atoms with Crippen LogP contribution in [0.1, 0.15) is 102 Å². The van der Waals surface area contributed by atoms with Crippen molar-refractivity contribution in [1.82, 2.24) is 50.7 Å². The number of alkyl halides is 2. The van der Waals surface area contributed by atoms with Gasteiger partial charge in [0.15, 0.2) is 0 Å². The third kappa shape index (κ3) is 22.6. The smallest absolute Gasteiger partial charge is 0.317 e. The quantitative estimate of drug-likeness (QED) is 0.0537. The second-order valence-corrected chi connectivity index (χ2v) is 23.3. The highest BCUT2D eigenvalue weighted by molar-refractivity contribution is 5.95. The van der Waals surface area contributed by atoms with E-state index in [2.05, 4.69) is 21.3 Å². The van der Waals surface area contributed by atoms with E-state index in [0.717, 1.165) is 21.6 Å². The van der Waals surface area contributed by atoms with Crippen LogP contribution in [0.2, 0.25) is 0 Å². The highest BCUT2D eigenvalue weighted by atomic mass is 19.3. The molecule has 4 aliphatic rings. The summed E-state index contributed by atoms with van der Waals surface area (Å²) in [4.78, 5) is 125. The largest absolute Gasteiger partial charge is 0.480 e. The number of hydrogen-bond donors (Lipinski definition) is 7. The summed E-state index contributed by atoms with van der Waals surface area (Å²) in [5, 5.41) is 49.3. The van der Waals surface area contributed by atoms with E-state index < -0.39 is 90.1 Å². The first-order valence-electron chi connectivity index (χ1n) is 28.5. The van der Waals surface area contributed by atoms with Gasteiger partial charge in [-0.3, -0.25) is 62.8 Å². The Bertz CT molecular complexity index is 2460. The minimum Gasteiger partial charge on any atom is -0.480 e. The highest BCUT2D eigenvalue weighted by Crippen LogP contribution is 2.34. The molecule has 1 unspecified atom stereocenters. The topological polar surface area (TPSA) is 324 Å². The molecule has 0 aliphatic carbocycles. The third-order valence-electron chi connectivity index (χ3n) is 15.7. The van der Waals surface area contributed by atoms with Gasteiger partial charge in [-0.15, -0.1) is 0 Å². The lowest BCUT2D eigenvalue weighted by molar-refractivity contribution is -0.140. The van der Waals surface area contributed by atoms with Crippen molar-refractivity contribution >= 4 is 53.4 Å². The number of aliphatic carboxylic acids is 3. The van der Waals surface area contributed by atoms with E-state index >= 15 is 0 Å². The number of rotatable bonds is 29. The number of hydrogen-bond acceptors (Lipinski definition) is 16. The molecular weight excluding hydrogens is 1090 g/mol. The molecule has 4 aliphatic heterocycles. The van der Waals surface area contributed by atoms with Gasteiger partial charge in [-0.2, -0.15) is 5.26 Å². The Balaban J connectivity index is 1.15. The average molecular weight is 1170 g/mol. The van der Waals surface area contributed by atoms with E-state index in [9.17, 15) is 72.5 Å². The number of nitrogens with zero attached hydrogens (tertiary/aromatic N) is 7. The van der Waals surface area contributed by atoms with Crippen LogP contribution in [0.4, 0.5) is 8.78 Å². The number of ether oxygens (including phenoxy) is 2. The molecule has 27 heteroatoms. The summed E-state index contributed by atoms with van der Waals surface area (Å²) >= 11 is 0. The van der Waals surface area contributed by atoms with Gasteiger partial charge >= 0.3 is 17.9 Å². The second-order valence-electron chi connectivity index (χ2n) is 23.3. The van der Waals surface area contributed by atoms with E-state index in [0.29, 0.717) is 32.3 Å². The van der Waals surface area contributed by atoms with Gasteiger partial charge in [0.25, 0.3) is 5.92 Å². The van der Waals surface area contributed by atoms with Crippen molar-refractivity contribution in [2.24, 2.45) is 5.92 Å². The number of carbonyl (C=O) groups is 9. The second kappa shape index (κ2) is 31.5. The van der Waals surface area contributed by atoms with Gasteiger partial charge < -0.3 is 55.9 Å². The summed E-state index contributed by atoms with van der Waals surface area (Å²) in [5.74, 6) is -10.1. The number of halogens is 2. The molecule has 4 atom stereocenters. The zero-order valence-corrected chi connectivity index (χ0v) is 48.6. The van der Waals surface area contributed by atoms with Gasteiger partial charge in [0.1, 0.15) is 18.1 Å². The molecule has 3 fully saturated rings. The van der Waals surface area contributed by atoms with Crippen LogP contribution in [0, 0.1) is 17.2 Å². The van der Waals surface area contributed by atoms with Gasteiger partial charge in [0, 0.05) is 111 Å². The SMILES string of the molecule is COC(C)(C)CCOC(C)(C)CCNC(=O)C(CCCCNC(=O)CN1CCN(CC(=O)O)CCN(CC(=O)O)CCN(CC(=O)O)CC1)NC(=O)CCc1cccc2c1CN(C(=O)C[C@@H]1C[C@@H](C(=O)N3CC(F)(F)C[C@H]3C#N)NC1=O)C2. The van der Waals surface area contributed by atoms with Crippen molar-refractivity contribution in [3.63, 3.8) is 0 Å².